The van der Waals surface area contributed by atoms with Crippen LogP contribution in [0, 0.1) is 0 Å². The molecular formula is C31H40N4O5. The van der Waals surface area contributed by atoms with Crippen molar-refractivity contribution in [1.29, 1.82) is 0 Å². The van der Waals surface area contributed by atoms with Crippen LogP contribution in [0.3, 0.4) is 0 Å². The first-order valence-corrected chi connectivity index (χ1v) is 14.6. The van der Waals surface area contributed by atoms with Crippen molar-refractivity contribution in [3.8, 4) is 5.75 Å². The molecule has 3 fully saturated rings. The molecular weight excluding hydrogens is 508 g/mol. The molecule has 3 aliphatic heterocycles. The van der Waals surface area contributed by atoms with Gasteiger partial charge in [0.05, 0.1) is 19.8 Å². The summed E-state index contributed by atoms with van der Waals surface area (Å²) in [4.78, 5) is 46.3. The molecule has 40 heavy (non-hydrogen) atoms. The highest BCUT2D eigenvalue weighted by molar-refractivity contribution is 6.02. The van der Waals surface area contributed by atoms with Crippen molar-refractivity contribution in [2.24, 2.45) is 0 Å². The number of nitrogens with zero attached hydrogens (tertiary/aromatic N) is 4. The van der Waals surface area contributed by atoms with Crippen LogP contribution in [-0.2, 0) is 9.53 Å². The average molecular weight is 549 g/mol. The number of morpholine rings is 1. The van der Waals surface area contributed by atoms with Crippen LogP contribution in [0.2, 0.25) is 0 Å². The fourth-order valence-corrected chi connectivity index (χ4v) is 5.57. The minimum absolute atomic E-state index is 0.0159. The first kappa shape index (κ1) is 28.1. The van der Waals surface area contributed by atoms with Gasteiger partial charge in [-0.05, 0) is 80.9 Å². The lowest BCUT2D eigenvalue weighted by Crippen LogP contribution is -2.52. The molecule has 3 saturated heterocycles. The number of hydrogen-bond donors (Lipinski definition) is 0. The SMILES string of the molecule is O=C(c1ccc(C(=O)N2CCN(c3ccc(OCCCN4CCCCCC4)cc3)C(=O)C2)cc1)N1CCOCC1. The van der Waals surface area contributed by atoms with Gasteiger partial charge >= 0.3 is 0 Å². The zero-order valence-electron chi connectivity index (χ0n) is 23.3. The topological polar surface area (TPSA) is 82.6 Å². The van der Waals surface area contributed by atoms with Gasteiger partial charge in [0, 0.05) is 49.5 Å². The fourth-order valence-electron chi connectivity index (χ4n) is 5.57. The number of rotatable bonds is 8. The monoisotopic (exact) mass is 548 g/mol. The van der Waals surface area contributed by atoms with Crippen LogP contribution >= 0.6 is 0 Å². The molecule has 2 aromatic rings. The first-order chi connectivity index (χ1) is 19.6. The maximum atomic E-state index is 13.1. The lowest BCUT2D eigenvalue weighted by Gasteiger charge is -2.34. The van der Waals surface area contributed by atoms with E-state index in [1.165, 1.54) is 38.8 Å². The number of carbonyl (C=O) groups excluding carboxylic acids is 3. The molecule has 3 heterocycles. The molecule has 0 N–H and O–H groups in total. The number of anilines is 1. The van der Waals surface area contributed by atoms with Gasteiger partial charge in [-0.3, -0.25) is 14.4 Å². The van der Waals surface area contributed by atoms with Crippen molar-refractivity contribution in [1.82, 2.24) is 14.7 Å². The lowest BCUT2D eigenvalue weighted by atomic mass is 10.1. The van der Waals surface area contributed by atoms with Gasteiger partial charge in [-0.15, -0.1) is 0 Å². The van der Waals surface area contributed by atoms with E-state index in [0.29, 0.717) is 57.1 Å². The molecule has 214 valence electrons. The summed E-state index contributed by atoms with van der Waals surface area (Å²) in [6, 6.07) is 14.3. The first-order valence-electron chi connectivity index (χ1n) is 14.6. The average Bonchev–Trinajstić information content (AvgIpc) is 3.28. The second-order valence-electron chi connectivity index (χ2n) is 10.7. The molecule has 0 atom stereocenters. The van der Waals surface area contributed by atoms with Gasteiger partial charge in [0.25, 0.3) is 11.8 Å². The third-order valence-corrected chi connectivity index (χ3v) is 7.92. The number of amides is 3. The molecule has 0 spiro atoms. The molecule has 3 aliphatic rings. The fraction of sp³-hybridized carbons (Fsp3) is 0.516. The maximum absolute atomic E-state index is 13.1. The normalized spacial score (nSPS) is 18.9. The molecule has 0 saturated carbocycles. The summed E-state index contributed by atoms with van der Waals surface area (Å²) < 4.78 is 11.2. The van der Waals surface area contributed by atoms with Crippen LogP contribution in [-0.4, -0.2) is 105 Å². The standard InChI is InChI=1S/C31H40N4O5/c36-29-24-34(31(38)26-8-6-25(7-9-26)30(37)33-19-22-39-23-20-33)17-18-35(29)27-10-12-28(13-11-27)40-21-5-16-32-14-3-1-2-4-15-32/h6-13H,1-5,14-24H2. The third kappa shape index (κ3) is 7.20. The molecule has 3 amide bonds. The maximum Gasteiger partial charge on any atom is 0.254 e. The van der Waals surface area contributed by atoms with Crippen LogP contribution in [0.15, 0.2) is 48.5 Å². The van der Waals surface area contributed by atoms with Crippen LogP contribution < -0.4 is 9.64 Å². The summed E-state index contributed by atoms with van der Waals surface area (Å²) in [6.07, 6.45) is 6.30. The summed E-state index contributed by atoms with van der Waals surface area (Å²) in [7, 11) is 0. The van der Waals surface area contributed by atoms with Crippen LogP contribution in [0.5, 0.6) is 5.75 Å². The Balaban J connectivity index is 1.08. The Morgan fingerprint density at radius 2 is 1.35 bits per heavy atom. The van der Waals surface area contributed by atoms with E-state index in [-0.39, 0.29) is 24.3 Å². The summed E-state index contributed by atoms with van der Waals surface area (Å²) in [5.74, 6) is 0.416. The van der Waals surface area contributed by atoms with Crippen molar-refractivity contribution in [2.45, 2.75) is 32.1 Å². The molecule has 9 heteroatoms. The van der Waals surface area contributed by atoms with Crippen LogP contribution in [0.1, 0.15) is 52.8 Å². The Hall–Kier alpha value is -3.43. The molecule has 0 unspecified atom stereocenters. The Bertz CT molecular complexity index is 1140. The van der Waals surface area contributed by atoms with Gasteiger partial charge < -0.3 is 29.1 Å². The number of carbonyl (C=O) groups is 3. The minimum atomic E-state index is -0.206. The van der Waals surface area contributed by atoms with Crippen molar-refractivity contribution >= 4 is 23.4 Å². The van der Waals surface area contributed by atoms with Crippen LogP contribution in [0.25, 0.3) is 0 Å². The number of hydrogen-bond acceptors (Lipinski definition) is 6. The largest absolute Gasteiger partial charge is 0.494 e. The highest BCUT2D eigenvalue weighted by Gasteiger charge is 2.29. The second-order valence-corrected chi connectivity index (χ2v) is 10.7. The zero-order chi connectivity index (χ0) is 27.7. The van der Waals surface area contributed by atoms with E-state index >= 15 is 0 Å². The van der Waals surface area contributed by atoms with Gasteiger partial charge in [0.2, 0.25) is 5.91 Å². The van der Waals surface area contributed by atoms with Crippen molar-refractivity contribution in [3.63, 3.8) is 0 Å². The summed E-state index contributed by atoms with van der Waals surface area (Å²) in [5.41, 5.74) is 1.82. The van der Waals surface area contributed by atoms with Gasteiger partial charge in [-0.2, -0.15) is 0 Å². The highest BCUT2D eigenvalue weighted by Crippen LogP contribution is 2.22. The molecule has 0 aliphatic carbocycles. The van der Waals surface area contributed by atoms with E-state index in [9.17, 15) is 14.4 Å². The second kappa shape index (κ2) is 13.8. The Kier molecular flexibility index (Phi) is 9.67. The zero-order valence-corrected chi connectivity index (χ0v) is 23.3. The Morgan fingerprint density at radius 1 is 0.725 bits per heavy atom. The Morgan fingerprint density at radius 3 is 1.98 bits per heavy atom. The number of piperazine rings is 1. The molecule has 0 aromatic heterocycles. The molecule has 0 radical (unpaired) electrons. The molecule has 9 nitrogen and oxygen atoms in total. The summed E-state index contributed by atoms with van der Waals surface area (Å²) in [5, 5.41) is 0. The smallest absolute Gasteiger partial charge is 0.254 e. The van der Waals surface area contributed by atoms with Crippen LogP contribution in [0.4, 0.5) is 5.69 Å². The number of likely N-dealkylation sites (tertiary alicyclic amines) is 1. The van der Waals surface area contributed by atoms with E-state index < -0.39 is 0 Å². The minimum Gasteiger partial charge on any atom is -0.494 e. The van der Waals surface area contributed by atoms with E-state index in [2.05, 4.69) is 4.90 Å². The predicted octanol–water partition coefficient (Wildman–Crippen LogP) is 3.29. The van der Waals surface area contributed by atoms with Gasteiger partial charge in [0.15, 0.2) is 0 Å². The van der Waals surface area contributed by atoms with Crippen molar-refractivity contribution < 1.29 is 23.9 Å². The summed E-state index contributed by atoms with van der Waals surface area (Å²) >= 11 is 0. The lowest BCUT2D eigenvalue weighted by molar-refractivity contribution is -0.120. The van der Waals surface area contributed by atoms with E-state index in [1.54, 1.807) is 39.0 Å². The van der Waals surface area contributed by atoms with Gasteiger partial charge in [-0.1, -0.05) is 12.8 Å². The molecule has 0 bridgehead atoms. The van der Waals surface area contributed by atoms with Gasteiger partial charge in [0.1, 0.15) is 12.3 Å². The molecule has 2 aromatic carbocycles. The quantitative estimate of drug-likeness (QED) is 0.471. The number of benzene rings is 2. The number of ether oxygens (including phenoxy) is 2. The van der Waals surface area contributed by atoms with Crippen molar-refractivity contribution in [3.05, 3.63) is 59.7 Å². The van der Waals surface area contributed by atoms with E-state index in [1.807, 2.05) is 24.3 Å². The highest BCUT2D eigenvalue weighted by atomic mass is 16.5. The van der Waals surface area contributed by atoms with Crippen molar-refractivity contribution in [2.75, 3.05) is 77.1 Å². The molecule has 5 rings (SSSR count). The third-order valence-electron chi connectivity index (χ3n) is 7.92. The van der Waals surface area contributed by atoms with E-state index in [4.69, 9.17) is 9.47 Å². The predicted molar refractivity (Wildman–Crippen MR) is 153 cm³/mol. The van der Waals surface area contributed by atoms with E-state index in [0.717, 1.165) is 24.4 Å². The van der Waals surface area contributed by atoms with Gasteiger partial charge in [-0.25, -0.2) is 0 Å². The Labute approximate surface area is 236 Å². The summed E-state index contributed by atoms with van der Waals surface area (Å²) in [6.45, 7) is 7.25.